The predicted octanol–water partition coefficient (Wildman–Crippen LogP) is 5.03. The van der Waals surface area contributed by atoms with Crippen LogP contribution >= 0.6 is 0 Å². The zero-order valence-electron chi connectivity index (χ0n) is 13.3. The third-order valence-corrected chi connectivity index (χ3v) is 5.77. The molecule has 124 valence electrons. The van der Waals surface area contributed by atoms with Crippen molar-refractivity contribution in [2.45, 2.75) is 39.3 Å². The van der Waals surface area contributed by atoms with Gasteiger partial charge < -0.3 is 5.32 Å². The van der Waals surface area contributed by atoms with Crippen molar-refractivity contribution in [1.82, 2.24) is 0 Å². The van der Waals surface area contributed by atoms with Crippen LogP contribution in [0.15, 0.2) is 36.4 Å². The van der Waals surface area contributed by atoms with Crippen LogP contribution in [0.25, 0.3) is 0 Å². The van der Waals surface area contributed by atoms with Gasteiger partial charge in [0.25, 0.3) is 0 Å². The Hall–Kier alpha value is -1.78. The molecular weight excluding hydrogens is 303 g/mol. The Balaban J connectivity index is 1.85. The van der Waals surface area contributed by atoms with Gasteiger partial charge >= 0.3 is 6.18 Å². The number of fused-ring (bicyclic) bond motifs is 2. The first-order valence-corrected chi connectivity index (χ1v) is 7.76. The third-order valence-electron chi connectivity index (χ3n) is 5.77. The van der Waals surface area contributed by atoms with Crippen LogP contribution in [0, 0.1) is 16.7 Å². The standard InChI is InChI=1S/C18H20F3NO/c1-11-16(2,3)13-7-8-17(11,10-13)15(23)22-14-6-4-5-12(9-14)18(19,20)21/h4-6,9,13H,1,7-8,10H2,2-3H3,(H,22,23)/t13-,17-/m0/s1. The van der Waals surface area contributed by atoms with Crippen molar-refractivity contribution in [2.24, 2.45) is 16.7 Å². The number of hydrogen-bond acceptors (Lipinski definition) is 1. The molecule has 1 aromatic carbocycles. The number of hydrogen-bond donors (Lipinski definition) is 1. The van der Waals surface area contributed by atoms with Crippen molar-refractivity contribution < 1.29 is 18.0 Å². The quantitative estimate of drug-likeness (QED) is 0.760. The van der Waals surface area contributed by atoms with E-state index in [1.54, 1.807) is 0 Å². The molecule has 3 rings (SSSR count). The molecule has 1 N–H and O–H groups in total. The molecule has 2 bridgehead atoms. The van der Waals surface area contributed by atoms with Crippen molar-refractivity contribution >= 4 is 11.6 Å². The van der Waals surface area contributed by atoms with Gasteiger partial charge in [-0.3, -0.25) is 4.79 Å². The van der Waals surface area contributed by atoms with Crippen LogP contribution in [0.2, 0.25) is 0 Å². The second-order valence-electron chi connectivity index (χ2n) is 7.25. The van der Waals surface area contributed by atoms with E-state index in [1.165, 1.54) is 12.1 Å². The molecule has 0 spiro atoms. The number of halogens is 3. The summed E-state index contributed by atoms with van der Waals surface area (Å²) in [7, 11) is 0. The molecule has 0 aromatic heterocycles. The molecule has 2 atom stereocenters. The lowest BCUT2D eigenvalue weighted by Crippen LogP contribution is -2.37. The second kappa shape index (κ2) is 4.86. The molecule has 0 radical (unpaired) electrons. The van der Waals surface area contributed by atoms with E-state index in [0.717, 1.165) is 37.0 Å². The molecule has 2 saturated carbocycles. The zero-order chi connectivity index (χ0) is 17.0. The highest BCUT2D eigenvalue weighted by Crippen LogP contribution is 2.65. The fraction of sp³-hybridized carbons (Fsp3) is 0.500. The molecule has 1 amide bonds. The van der Waals surface area contributed by atoms with E-state index >= 15 is 0 Å². The fourth-order valence-electron chi connectivity index (χ4n) is 4.17. The second-order valence-corrected chi connectivity index (χ2v) is 7.25. The Morgan fingerprint density at radius 2 is 2.04 bits per heavy atom. The minimum absolute atomic E-state index is 0.0938. The number of amides is 1. The van der Waals surface area contributed by atoms with Gasteiger partial charge in [0.05, 0.1) is 11.0 Å². The number of benzene rings is 1. The Kier molecular flexibility index (Phi) is 3.40. The number of carbonyl (C=O) groups excluding carboxylic acids is 1. The van der Waals surface area contributed by atoms with Crippen molar-refractivity contribution in [1.29, 1.82) is 0 Å². The summed E-state index contributed by atoms with van der Waals surface area (Å²) in [5.41, 5.74) is -0.403. The predicted molar refractivity (Wildman–Crippen MR) is 82.8 cm³/mol. The molecule has 2 aliphatic carbocycles. The lowest BCUT2D eigenvalue weighted by atomic mass is 9.68. The van der Waals surface area contributed by atoms with Gasteiger partial charge in [-0.15, -0.1) is 0 Å². The summed E-state index contributed by atoms with van der Waals surface area (Å²) >= 11 is 0. The summed E-state index contributed by atoms with van der Waals surface area (Å²) in [5, 5.41) is 2.68. The number of anilines is 1. The minimum atomic E-state index is -4.42. The monoisotopic (exact) mass is 323 g/mol. The largest absolute Gasteiger partial charge is 0.416 e. The van der Waals surface area contributed by atoms with E-state index in [1.807, 2.05) is 0 Å². The zero-order valence-corrected chi connectivity index (χ0v) is 13.3. The van der Waals surface area contributed by atoms with Gasteiger partial charge in [0.2, 0.25) is 5.91 Å². The molecule has 0 aliphatic heterocycles. The molecule has 5 heteroatoms. The number of rotatable bonds is 2. The first-order chi connectivity index (χ1) is 10.6. The Morgan fingerprint density at radius 3 is 2.61 bits per heavy atom. The summed E-state index contributed by atoms with van der Waals surface area (Å²) in [4.78, 5) is 12.8. The van der Waals surface area contributed by atoms with E-state index in [0.29, 0.717) is 5.92 Å². The van der Waals surface area contributed by atoms with Crippen molar-refractivity contribution in [3.8, 4) is 0 Å². The van der Waals surface area contributed by atoms with Crippen LogP contribution in [-0.4, -0.2) is 5.91 Å². The number of carbonyl (C=O) groups is 1. The van der Waals surface area contributed by atoms with Crippen LogP contribution in [0.4, 0.5) is 18.9 Å². The van der Waals surface area contributed by atoms with E-state index in [4.69, 9.17) is 0 Å². The summed E-state index contributed by atoms with van der Waals surface area (Å²) < 4.78 is 38.4. The molecule has 1 aromatic rings. The van der Waals surface area contributed by atoms with Crippen molar-refractivity contribution in [3.05, 3.63) is 42.0 Å². The summed E-state index contributed by atoms with van der Waals surface area (Å²) in [6, 6.07) is 4.76. The molecular formula is C18H20F3NO. The van der Waals surface area contributed by atoms with E-state index in [2.05, 4.69) is 25.7 Å². The Bertz CT molecular complexity index is 677. The highest BCUT2D eigenvalue weighted by Gasteiger charge is 2.60. The van der Waals surface area contributed by atoms with Crippen LogP contribution in [-0.2, 0) is 11.0 Å². The summed E-state index contributed by atoms with van der Waals surface area (Å²) in [6.07, 6.45) is -1.99. The van der Waals surface area contributed by atoms with Gasteiger partial charge in [-0.05, 0) is 48.8 Å². The summed E-state index contributed by atoms with van der Waals surface area (Å²) in [6.45, 7) is 8.33. The topological polar surface area (TPSA) is 29.1 Å². The van der Waals surface area contributed by atoms with E-state index in [-0.39, 0.29) is 17.0 Å². The van der Waals surface area contributed by atoms with Crippen LogP contribution in [0.5, 0.6) is 0 Å². The van der Waals surface area contributed by atoms with Gasteiger partial charge in [-0.2, -0.15) is 13.2 Å². The van der Waals surface area contributed by atoms with E-state index in [9.17, 15) is 18.0 Å². The highest BCUT2D eigenvalue weighted by molar-refractivity contribution is 5.98. The molecule has 2 fully saturated rings. The van der Waals surface area contributed by atoms with Crippen molar-refractivity contribution in [2.75, 3.05) is 5.32 Å². The number of alkyl halides is 3. The van der Waals surface area contributed by atoms with Gasteiger partial charge in [0.15, 0.2) is 0 Å². The van der Waals surface area contributed by atoms with Gasteiger partial charge in [-0.25, -0.2) is 0 Å². The highest BCUT2D eigenvalue weighted by atomic mass is 19.4. The maximum absolute atomic E-state index is 12.8. The summed E-state index contributed by atoms with van der Waals surface area (Å²) in [5.74, 6) is 0.192. The minimum Gasteiger partial charge on any atom is -0.325 e. The molecule has 2 nitrogen and oxygen atoms in total. The normalized spacial score (nSPS) is 28.9. The lowest BCUT2D eigenvalue weighted by Gasteiger charge is -2.37. The third kappa shape index (κ3) is 2.37. The maximum atomic E-state index is 12.8. The molecule has 0 saturated heterocycles. The number of nitrogens with one attached hydrogen (secondary N) is 1. The SMILES string of the molecule is C=C1C(C)(C)[C@H]2CC[C@]1(C(=O)Nc1cccc(C(F)(F)F)c1)C2. The van der Waals surface area contributed by atoms with Crippen LogP contribution in [0.3, 0.4) is 0 Å². The maximum Gasteiger partial charge on any atom is 0.416 e. The Labute approximate surface area is 133 Å². The van der Waals surface area contributed by atoms with Gasteiger partial charge in [0, 0.05) is 5.69 Å². The Morgan fingerprint density at radius 1 is 1.35 bits per heavy atom. The van der Waals surface area contributed by atoms with Crippen LogP contribution < -0.4 is 5.32 Å². The van der Waals surface area contributed by atoms with Crippen LogP contribution in [0.1, 0.15) is 38.7 Å². The van der Waals surface area contributed by atoms with Crippen molar-refractivity contribution in [3.63, 3.8) is 0 Å². The first kappa shape index (κ1) is 16.1. The fourth-order valence-corrected chi connectivity index (χ4v) is 4.17. The molecule has 23 heavy (non-hydrogen) atoms. The smallest absolute Gasteiger partial charge is 0.325 e. The average molecular weight is 323 g/mol. The lowest BCUT2D eigenvalue weighted by molar-refractivity contribution is -0.137. The molecule has 0 unspecified atom stereocenters. The van der Waals surface area contributed by atoms with Gasteiger partial charge in [0.1, 0.15) is 0 Å². The average Bonchev–Trinajstić information content (AvgIpc) is 2.99. The molecule has 0 heterocycles. The van der Waals surface area contributed by atoms with E-state index < -0.39 is 17.2 Å². The first-order valence-electron chi connectivity index (χ1n) is 7.76. The van der Waals surface area contributed by atoms with Gasteiger partial charge in [-0.1, -0.05) is 32.1 Å². The molecule has 2 aliphatic rings.